The molecule has 1 aliphatic heterocycles. The summed E-state index contributed by atoms with van der Waals surface area (Å²) in [6.45, 7) is 4.22. The first-order chi connectivity index (χ1) is 8.48. The highest BCUT2D eigenvalue weighted by atomic mass is 35.5. The van der Waals surface area contributed by atoms with Crippen molar-refractivity contribution in [2.75, 3.05) is 6.54 Å². The lowest BCUT2D eigenvalue weighted by molar-refractivity contribution is 0.219. The number of hydrogen-bond donors (Lipinski definition) is 1. The summed E-state index contributed by atoms with van der Waals surface area (Å²) in [5, 5.41) is 4.04. The van der Waals surface area contributed by atoms with Gasteiger partial charge in [0.15, 0.2) is 0 Å². The van der Waals surface area contributed by atoms with Crippen molar-refractivity contribution < 1.29 is 4.39 Å². The normalized spacial score (nSPS) is 21.0. The highest BCUT2D eigenvalue weighted by molar-refractivity contribution is 6.31. The Balaban J connectivity index is 2.24. The van der Waals surface area contributed by atoms with E-state index in [9.17, 15) is 4.39 Å². The molecule has 18 heavy (non-hydrogen) atoms. The molecular formula is C15H21ClFN. The molecule has 1 fully saturated rings. The van der Waals surface area contributed by atoms with Gasteiger partial charge in [-0.2, -0.15) is 0 Å². The van der Waals surface area contributed by atoms with E-state index in [1.54, 1.807) is 19.9 Å². The molecule has 0 amide bonds. The standard InChI is InChI=1S/C15H21ClFN/c1-15(2,17)14-11(6-5-8-13(14)16)10-12-7-3-4-9-18-12/h5-6,8,12,18H,3-4,7,9-10H2,1-2H3. The first-order valence-electron chi connectivity index (χ1n) is 6.68. The predicted octanol–water partition coefficient (Wildman–Crippen LogP) is 4.23. The SMILES string of the molecule is CC(C)(F)c1c(Cl)cccc1CC1CCCCN1. The average Bonchev–Trinajstić information content (AvgIpc) is 2.28. The maximum Gasteiger partial charge on any atom is 0.132 e. The van der Waals surface area contributed by atoms with Crippen LogP contribution in [-0.2, 0) is 12.1 Å². The molecule has 1 saturated heterocycles. The molecule has 100 valence electrons. The van der Waals surface area contributed by atoms with Crippen molar-refractivity contribution in [3.63, 3.8) is 0 Å². The lowest BCUT2D eigenvalue weighted by Gasteiger charge is -2.27. The van der Waals surface area contributed by atoms with Crippen LogP contribution in [0.4, 0.5) is 4.39 Å². The van der Waals surface area contributed by atoms with Gasteiger partial charge in [0.05, 0.1) is 0 Å². The summed E-state index contributed by atoms with van der Waals surface area (Å²) in [6.07, 6.45) is 4.53. The Kier molecular flexibility index (Phi) is 4.29. The second-order valence-corrected chi connectivity index (χ2v) is 6.00. The molecule has 1 heterocycles. The highest BCUT2D eigenvalue weighted by Gasteiger charge is 2.26. The van der Waals surface area contributed by atoms with E-state index in [1.807, 2.05) is 12.1 Å². The third kappa shape index (κ3) is 3.24. The summed E-state index contributed by atoms with van der Waals surface area (Å²) in [7, 11) is 0. The smallest absolute Gasteiger partial charge is 0.132 e. The number of alkyl halides is 1. The highest BCUT2D eigenvalue weighted by Crippen LogP contribution is 2.34. The number of halogens is 2. The fraction of sp³-hybridized carbons (Fsp3) is 0.600. The maximum atomic E-state index is 14.3. The molecule has 0 radical (unpaired) electrons. The van der Waals surface area contributed by atoms with Gasteiger partial charge in [0, 0.05) is 16.6 Å². The van der Waals surface area contributed by atoms with Crippen LogP contribution in [-0.4, -0.2) is 12.6 Å². The maximum absolute atomic E-state index is 14.3. The van der Waals surface area contributed by atoms with Crippen LogP contribution in [0.2, 0.25) is 5.02 Å². The van der Waals surface area contributed by atoms with Crippen molar-refractivity contribution in [1.29, 1.82) is 0 Å². The summed E-state index contributed by atoms with van der Waals surface area (Å²) in [5.74, 6) is 0. The molecule has 0 aliphatic carbocycles. The molecule has 1 aliphatic rings. The van der Waals surface area contributed by atoms with Gasteiger partial charge in [-0.1, -0.05) is 30.2 Å². The molecule has 0 spiro atoms. The van der Waals surface area contributed by atoms with E-state index >= 15 is 0 Å². The summed E-state index contributed by atoms with van der Waals surface area (Å²) < 4.78 is 14.3. The molecule has 3 heteroatoms. The molecule has 1 unspecified atom stereocenters. The van der Waals surface area contributed by atoms with Crippen LogP contribution >= 0.6 is 11.6 Å². The van der Waals surface area contributed by atoms with E-state index < -0.39 is 5.67 Å². The zero-order valence-corrected chi connectivity index (χ0v) is 11.9. The van der Waals surface area contributed by atoms with Crippen molar-refractivity contribution in [3.8, 4) is 0 Å². The lowest BCUT2D eigenvalue weighted by Crippen LogP contribution is -2.36. The van der Waals surface area contributed by atoms with Crippen LogP contribution in [0.15, 0.2) is 18.2 Å². The minimum Gasteiger partial charge on any atom is -0.314 e. The Hall–Kier alpha value is -0.600. The summed E-state index contributed by atoms with van der Waals surface area (Å²) in [5.41, 5.74) is 0.302. The largest absolute Gasteiger partial charge is 0.314 e. The van der Waals surface area contributed by atoms with Crippen LogP contribution < -0.4 is 5.32 Å². The lowest BCUT2D eigenvalue weighted by atomic mass is 9.89. The first kappa shape index (κ1) is 13.8. The molecule has 0 aromatic heterocycles. The van der Waals surface area contributed by atoms with Crippen molar-refractivity contribution in [3.05, 3.63) is 34.3 Å². The summed E-state index contributed by atoms with van der Waals surface area (Å²) in [6, 6.07) is 6.14. The van der Waals surface area contributed by atoms with Gasteiger partial charge in [0.1, 0.15) is 5.67 Å². The monoisotopic (exact) mass is 269 g/mol. The molecule has 1 aromatic rings. The average molecular weight is 270 g/mol. The van der Waals surface area contributed by atoms with Crippen LogP contribution in [0.25, 0.3) is 0 Å². The van der Waals surface area contributed by atoms with Crippen molar-refractivity contribution >= 4 is 11.6 Å². The minimum atomic E-state index is -1.39. The van der Waals surface area contributed by atoms with Gasteiger partial charge in [0.25, 0.3) is 0 Å². The van der Waals surface area contributed by atoms with Crippen LogP contribution in [0.3, 0.4) is 0 Å². The molecule has 0 saturated carbocycles. The second-order valence-electron chi connectivity index (χ2n) is 5.60. The Morgan fingerprint density at radius 3 is 2.78 bits per heavy atom. The molecule has 1 N–H and O–H groups in total. The van der Waals surface area contributed by atoms with Gasteiger partial charge < -0.3 is 5.32 Å². The summed E-state index contributed by atoms with van der Waals surface area (Å²) in [4.78, 5) is 0. The van der Waals surface area contributed by atoms with Gasteiger partial charge in [-0.15, -0.1) is 0 Å². The Labute approximate surface area is 114 Å². The number of rotatable bonds is 3. The van der Waals surface area contributed by atoms with E-state index in [0.717, 1.165) is 18.5 Å². The van der Waals surface area contributed by atoms with Crippen LogP contribution in [0, 0.1) is 0 Å². The van der Waals surface area contributed by atoms with Gasteiger partial charge in [0.2, 0.25) is 0 Å². The van der Waals surface area contributed by atoms with Crippen LogP contribution in [0.1, 0.15) is 44.2 Å². The second kappa shape index (κ2) is 5.58. The van der Waals surface area contributed by atoms with Crippen molar-refractivity contribution in [1.82, 2.24) is 5.32 Å². The fourth-order valence-corrected chi connectivity index (χ4v) is 3.19. The number of piperidine rings is 1. The predicted molar refractivity (Wildman–Crippen MR) is 74.9 cm³/mol. The van der Waals surface area contributed by atoms with E-state index in [0.29, 0.717) is 16.6 Å². The number of benzene rings is 1. The summed E-state index contributed by atoms with van der Waals surface area (Å²) >= 11 is 6.17. The zero-order valence-electron chi connectivity index (χ0n) is 11.1. The molecular weight excluding hydrogens is 249 g/mol. The van der Waals surface area contributed by atoms with E-state index in [4.69, 9.17) is 11.6 Å². The first-order valence-corrected chi connectivity index (χ1v) is 7.06. The topological polar surface area (TPSA) is 12.0 Å². The minimum absolute atomic E-state index is 0.457. The Morgan fingerprint density at radius 1 is 1.39 bits per heavy atom. The quantitative estimate of drug-likeness (QED) is 0.866. The number of hydrogen-bond acceptors (Lipinski definition) is 1. The Bertz CT molecular complexity index is 405. The van der Waals surface area contributed by atoms with Gasteiger partial charge in [-0.3, -0.25) is 0 Å². The van der Waals surface area contributed by atoms with Crippen molar-refractivity contribution in [2.24, 2.45) is 0 Å². The third-order valence-corrected chi connectivity index (χ3v) is 3.89. The molecule has 0 bridgehead atoms. The van der Waals surface area contributed by atoms with Crippen molar-refractivity contribution in [2.45, 2.75) is 51.2 Å². The van der Waals surface area contributed by atoms with E-state index in [1.165, 1.54) is 19.3 Å². The molecule has 1 atom stereocenters. The van der Waals surface area contributed by atoms with E-state index in [-0.39, 0.29) is 0 Å². The molecule has 1 aromatic carbocycles. The molecule has 1 nitrogen and oxygen atoms in total. The fourth-order valence-electron chi connectivity index (χ4n) is 2.77. The van der Waals surface area contributed by atoms with Crippen LogP contribution in [0.5, 0.6) is 0 Å². The number of nitrogens with one attached hydrogen (secondary N) is 1. The molecule has 2 rings (SSSR count). The van der Waals surface area contributed by atoms with E-state index in [2.05, 4.69) is 5.32 Å². The van der Waals surface area contributed by atoms with Gasteiger partial charge in [-0.25, -0.2) is 4.39 Å². The Morgan fingerprint density at radius 2 is 2.17 bits per heavy atom. The van der Waals surface area contributed by atoms with Gasteiger partial charge >= 0.3 is 0 Å². The zero-order chi connectivity index (χ0) is 13.2. The van der Waals surface area contributed by atoms with Gasteiger partial charge in [-0.05, 0) is 51.3 Å². The third-order valence-electron chi connectivity index (χ3n) is 3.57.